The first-order valence-electron chi connectivity index (χ1n) is 5.73. The second kappa shape index (κ2) is 3.95. The van der Waals surface area contributed by atoms with Crippen LogP contribution < -0.4 is 0 Å². The summed E-state index contributed by atoms with van der Waals surface area (Å²) in [7, 11) is 1.35. The fourth-order valence-electron chi connectivity index (χ4n) is 2.35. The number of methoxy groups -OCH3 is 1. The number of allylic oxidation sites excluding steroid dienone is 2. The van der Waals surface area contributed by atoms with Gasteiger partial charge in [-0.25, -0.2) is 0 Å². The van der Waals surface area contributed by atoms with Crippen molar-refractivity contribution in [3.05, 3.63) is 53.3 Å². The molecule has 4 heteroatoms. The topological polar surface area (TPSA) is 63.6 Å². The van der Waals surface area contributed by atoms with Gasteiger partial charge in [0.1, 0.15) is 5.75 Å². The highest BCUT2D eigenvalue weighted by atomic mass is 16.5. The highest BCUT2D eigenvalue weighted by molar-refractivity contribution is 6.28. The van der Waals surface area contributed by atoms with Crippen LogP contribution in [0.3, 0.4) is 0 Å². The zero-order valence-electron chi connectivity index (χ0n) is 10.1. The van der Waals surface area contributed by atoms with Crippen molar-refractivity contribution in [1.29, 1.82) is 0 Å². The van der Waals surface area contributed by atoms with Crippen LogP contribution in [0.1, 0.15) is 20.7 Å². The second-order valence-electron chi connectivity index (χ2n) is 4.27. The van der Waals surface area contributed by atoms with Crippen molar-refractivity contribution in [3.63, 3.8) is 0 Å². The van der Waals surface area contributed by atoms with E-state index in [0.29, 0.717) is 10.8 Å². The maximum Gasteiger partial charge on any atom is 0.228 e. The molecule has 4 nitrogen and oxygen atoms in total. The summed E-state index contributed by atoms with van der Waals surface area (Å²) in [4.78, 5) is 24.3. The van der Waals surface area contributed by atoms with E-state index in [9.17, 15) is 14.7 Å². The van der Waals surface area contributed by atoms with Gasteiger partial charge in [-0.15, -0.1) is 0 Å². The molecule has 19 heavy (non-hydrogen) atoms. The van der Waals surface area contributed by atoms with Gasteiger partial charge in [-0.3, -0.25) is 9.59 Å². The van der Waals surface area contributed by atoms with Crippen molar-refractivity contribution in [2.75, 3.05) is 7.11 Å². The van der Waals surface area contributed by atoms with Gasteiger partial charge in [-0.2, -0.15) is 0 Å². The highest BCUT2D eigenvalue weighted by Crippen LogP contribution is 2.34. The molecule has 0 heterocycles. The molecule has 1 N–H and O–H groups in total. The molecule has 1 aliphatic rings. The summed E-state index contributed by atoms with van der Waals surface area (Å²) in [5.41, 5.74) is 0.500. The molecule has 1 aliphatic carbocycles. The minimum Gasteiger partial charge on any atom is -0.507 e. The van der Waals surface area contributed by atoms with Crippen LogP contribution in [-0.2, 0) is 4.74 Å². The minimum absolute atomic E-state index is 0.00948. The van der Waals surface area contributed by atoms with Gasteiger partial charge in [0, 0.05) is 22.6 Å². The highest BCUT2D eigenvalue weighted by Gasteiger charge is 2.28. The first-order chi connectivity index (χ1) is 9.13. The van der Waals surface area contributed by atoms with Crippen LogP contribution in [0.2, 0.25) is 0 Å². The molecule has 0 aromatic heterocycles. The third-order valence-electron chi connectivity index (χ3n) is 3.22. The zero-order valence-corrected chi connectivity index (χ0v) is 10.1. The molecule has 0 atom stereocenters. The Kier molecular flexibility index (Phi) is 2.38. The Morgan fingerprint density at radius 3 is 2.63 bits per heavy atom. The van der Waals surface area contributed by atoms with Crippen LogP contribution in [0, 0.1) is 0 Å². The third kappa shape index (κ3) is 1.53. The van der Waals surface area contributed by atoms with Crippen LogP contribution in [0.5, 0.6) is 5.75 Å². The Bertz CT molecular complexity index is 756. The number of aromatic hydroxyl groups is 1. The molecule has 0 radical (unpaired) electrons. The van der Waals surface area contributed by atoms with Gasteiger partial charge >= 0.3 is 0 Å². The Morgan fingerprint density at radius 1 is 1.11 bits per heavy atom. The average molecular weight is 254 g/mol. The Hall–Kier alpha value is -2.62. The lowest BCUT2D eigenvalue weighted by molar-refractivity contribution is 0.0917. The number of hydrogen-bond acceptors (Lipinski definition) is 4. The maximum atomic E-state index is 12.1. The van der Waals surface area contributed by atoms with Crippen LogP contribution >= 0.6 is 0 Å². The molecule has 0 saturated carbocycles. The van der Waals surface area contributed by atoms with E-state index in [-0.39, 0.29) is 34.2 Å². The Labute approximate surface area is 108 Å². The van der Waals surface area contributed by atoms with Crippen LogP contribution in [0.15, 0.2) is 42.2 Å². The molecule has 0 aliphatic heterocycles. The number of rotatable bonds is 1. The van der Waals surface area contributed by atoms with Crippen molar-refractivity contribution in [2.45, 2.75) is 0 Å². The number of ketones is 2. The number of phenolic OH excluding ortho intramolecular Hbond substituents is 1. The van der Waals surface area contributed by atoms with Gasteiger partial charge in [-0.1, -0.05) is 18.2 Å². The van der Waals surface area contributed by atoms with E-state index in [1.807, 2.05) is 0 Å². The molecule has 2 aromatic carbocycles. The van der Waals surface area contributed by atoms with Crippen LogP contribution in [0.25, 0.3) is 10.8 Å². The van der Waals surface area contributed by atoms with Crippen LogP contribution in [-0.4, -0.2) is 23.8 Å². The lowest BCUT2D eigenvalue weighted by Crippen LogP contribution is -2.18. The molecule has 0 fully saturated rings. The fraction of sp³-hybridized carbons (Fsp3) is 0.0667. The van der Waals surface area contributed by atoms with Crippen molar-refractivity contribution in [2.24, 2.45) is 0 Å². The van der Waals surface area contributed by atoms with Gasteiger partial charge < -0.3 is 9.84 Å². The summed E-state index contributed by atoms with van der Waals surface area (Å²) in [5.74, 6) is -0.669. The normalized spacial score (nSPS) is 14.3. The van der Waals surface area contributed by atoms with E-state index in [2.05, 4.69) is 0 Å². The summed E-state index contributed by atoms with van der Waals surface area (Å²) >= 11 is 0. The number of Topliss-reactive ketones (excluding diaryl/α,β-unsaturated/α-hetero) is 1. The SMILES string of the molecule is COC1=CC(=O)c2c(ccc3cccc(O)c23)C1=O. The van der Waals surface area contributed by atoms with Crippen molar-refractivity contribution in [1.82, 2.24) is 0 Å². The predicted molar refractivity (Wildman–Crippen MR) is 69.4 cm³/mol. The standard InChI is InChI=1S/C15H10O4/c1-19-12-7-11(17)14-9(15(12)18)6-5-8-3-2-4-10(16)13(8)14/h2-7,16H,1H3. The fourth-order valence-corrected chi connectivity index (χ4v) is 2.35. The molecule has 0 amide bonds. The van der Waals surface area contributed by atoms with Gasteiger partial charge in [0.15, 0.2) is 11.5 Å². The second-order valence-corrected chi connectivity index (χ2v) is 4.27. The average Bonchev–Trinajstić information content (AvgIpc) is 2.42. The predicted octanol–water partition coefficient (Wildman–Crippen LogP) is 2.45. The molecule has 0 saturated heterocycles. The zero-order chi connectivity index (χ0) is 13.6. The Morgan fingerprint density at radius 2 is 1.89 bits per heavy atom. The molecule has 0 spiro atoms. The third-order valence-corrected chi connectivity index (χ3v) is 3.22. The molecule has 3 rings (SSSR count). The summed E-state index contributed by atoms with van der Waals surface area (Å²) < 4.78 is 4.90. The summed E-state index contributed by atoms with van der Waals surface area (Å²) in [6.45, 7) is 0. The first-order valence-corrected chi connectivity index (χ1v) is 5.73. The van der Waals surface area contributed by atoms with Crippen molar-refractivity contribution in [3.8, 4) is 5.75 Å². The van der Waals surface area contributed by atoms with E-state index < -0.39 is 0 Å². The lowest BCUT2D eigenvalue weighted by Gasteiger charge is -2.16. The molecular weight excluding hydrogens is 244 g/mol. The minimum atomic E-state index is -0.345. The van der Waals surface area contributed by atoms with Crippen molar-refractivity contribution >= 4 is 22.3 Å². The summed E-state index contributed by atoms with van der Waals surface area (Å²) in [6.07, 6.45) is 1.16. The van der Waals surface area contributed by atoms with E-state index in [0.717, 1.165) is 6.08 Å². The monoisotopic (exact) mass is 254 g/mol. The quantitative estimate of drug-likeness (QED) is 0.849. The number of phenols is 1. The van der Waals surface area contributed by atoms with Crippen molar-refractivity contribution < 1.29 is 19.4 Å². The van der Waals surface area contributed by atoms with Gasteiger partial charge in [0.05, 0.1) is 7.11 Å². The van der Waals surface area contributed by atoms with E-state index in [1.54, 1.807) is 24.3 Å². The number of fused-ring (bicyclic) bond motifs is 3. The molecular formula is C15H10O4. The van der Waals surface area contributed by atoms with Gasteiger partial charge in [0.25, 0.3) is 0 Å². The number of ether oxygens (including phenoxy) is 1. The Balaban J connectivity index is 2.41. The van der Waals surface area contributed by atoms with E-state index in [4.69, 9.17) is 4.74 Å². The van der Waals surface area contributed by atoms with Gasteiger partial charge in [0.2, 0.25) is 5.78 Å². The molecule has 94 valence electrons. The van der Waals surface area contributed by atoms with E-state index in [1.165, 1.54) is 13.2 Å². The summed E-state index contributed by atoms with van der Waals surface area (Å²) in [6, 6.07) is 8.26. The number of carbonyl (C=O) groups is 2. The maximum absolute atomic E-state index is 12.1. The number of benzene rings is 2. The van der Waals surface area contributed by atoms with Gasteiger partial charge in [-0.05, 0) is 17.5 Å². The summed E-state index contributed by atoms with van der Waals surface area (Å²) in [5, 5.41) is 11.1. The molecule has 0 bridgehead atoms. The smallest absolute Gasteiger partial charge is 0.228 e. The number of carbonyl (C=O) groups excluding carboxylic acids is 2. The largest absolute Gasteiger partial charge is 0.507 e. The lowest BCUT2D eigenvalue weighted by atomic mass is 9.88. The molecule has 2 aromatic rings. The van der Waals surface area contributed by atoms with E-state index >= 15 is 0 Å². The van der Waals surface area contributed by atoms with Crippen LogP contribution in [0.4, 0.5) is 0 Å². The molecule has 0 unspecified atom stereocenters. The number of hydrogen-bond donors (Lipinski definition) is 1. The first kappa shape index (κ1) is 11.5.